The Kier molecular flexibility index (Phi) is 7.61. The highest BCUT2D eigenvalue weighted by molar-refractivity contribution is 5.95. The molecule has 1 unspecified atom stereocenters. The van der Waals surface area contributed by atoms with Gasteiger partial charge in [0.25, 0.3) is 5.91 Å². The highest BCUT2D eigenvalue weighted by Crippen LogP contribution is 2.20. The van der Waals surface area contributed by atoms with Crippen molar-refractivity contribution in [3.8, 4) is 0 Å². The van der Waals surface area contributed by atoms with E-state index in [9.17, 15) is 14.4 Å². The Bertz CT molecular complexity index is 954. The molecule has 1 atom stereocenters. The van der Waals surface area contributed by atoms with Crippen LogP contribution in [0.2, 0.25) is 0 Å². The molecule has 1 aromatic heterocycles. The number of hydrogen-bond donors (Lipinski definition) is 1. The third-order valence-electron chi connectivity index (χ3n) is 5.54. The van der Waals surface area contributed by atoms with Gasteiger partial charge in [0.15, 0.2) is 5.82 Å². The first-order chi connectivity index (χ1) is 15.2. The van der Waals surface area contributed by atoms with E-state index in [4.69, 9.17) is 4.52 Å². The summed E-state index contributed by atoms with van der Waals surface area (Å²) in [6.45, 7) is 8.57. The standard InChI is InChI=1S/C23H31N5O4/c1-15(2)22-25-21(26-32-22)11-13-28(17(4)30)20-6-5-12-27(14-20)23(31)18-7-9-19(10-8-18)24-16(3)29/h7-10,15,20H,5-6,11-14H2,1-4H3,(H,24,29). The van der Waals surface area contributed by atoms with Gasteiger partial charge in [0.05, 0.1) is 0 Å². The van der Waals surface area contributed by atoms with Crippen LogP contribution in [-0.4, -0.2) is 63.3 Å². The number of rotatable bonds is 7. The Labute approximate surface area is 188 Å². The van der Waals surface area contributed by atoms with Gasteiger partial charge in [-0.25, -0.2) is 0 Å². The zero-order valence-electron chi connectivity index (χ0n) is 19.1. The lowest BCUT2D eigenvalue weighted by molar-refractivity contribution is -0.132. The van der Waals surface area contributed by atoms with Crippen molar-refractivity contribution in [1.29, 1.82) is 0 Å². The number of amides is 3. The molecule has 1 aromatic carbocycles. The first kappa shape index (κ1) is 23.4. The molecular weight excluding hydrogens is 410 g/mol. The van der Waals surface area contributed by atoms with Gasteiger partial charge in [-0.1, -0.05) is 19.0 Å². The Morgan fingerprint density at radius 1 is 1.22 bits per heavy atom. The SMILES string of the molecule is CC(=O)Nc1ccc(C(=O)N2CCCC(N(CCc3noc(C(C)C)n3)C(C)=O)C2)cc1. The largest absolute Gasteiger partial charge is 0.339 e. The summed E-state index contributed by atoms with van der Waals surface area (Å²) in [7, 11) is 0. The summed E-state index contributed by atoms with van der Waals surface area (Å²) < 4.78 is 5.25. The average molecular weight is 442 g/mol. The highest BCUT2D eigenvalue weighted by Gasteiger charge is 2.30. The van der Waals surface area contributed by atoms with Crippen LogP contribution in [0.1, 0.15) is 68.5 Å². The van der Waals surface area contributed by atoms with Gasteiger partial charge in [0.1, 0.15) is 0 Å². The second-order valence-electron chi connectivity index (χ2n) is 8.47. The fraction of sp³-hybridized carbons (Fsp3) is 0.522. The molecular formula is C23H31N5O4. The monoisotopic (exact) mass is 441 g/mol. The lowest BCUT2D eigenvalue weighted by Crippen LogP contribution is -2.51. The number of aromatic nitrogens is 2. The van der Waals surface area contributed by atoms with Crippen molar-refractivity contribution in [3.05, 3.63) is 41.5 Å². The maximum atomic E-state index is 13.0. The summed E-state index contributed by atoms with van der Waals surface area (Å²) >= 11 is 0. The molecule has 1 aliphatic rings. The fourth-order valence-electron chi connectivity index (χ4n) is 3.90. The number of hydrogen-bond acceptors (Lipinski definition) is 6. The normalized spacial score (nSPS) is 16.2. The van der Waals surface area contributed by atoms with E-state index in [1.54, 1.807) is 36.1 Å². The van der Waals surface area contributed by atoms with Crippen molar-refractivity contribution in [1.82, 2.24) is 19.9 Å². The smallest absolute Gasteiger partial charge is 0.253 e. The van der Waals surface area contributed by atoms with E-state index in [2.05, 4.69) is 15.5 Å². The Morgan fingerprint density at radius 3 is 2.53 bits per heavy atom. The van der Waals surface area contributed by atoms with E-state index in [0.29, 0.717) is 49.0 Å². The molecule has 0 saturated carbocycles. The third kappa shape index (κ3) is 5.93. The number of likely N-dealkylation sites (tertiary alicyclic amines) is 1. The van der Waals surface area contributed by atoms with Crippen molar-refractivity contribution in [2.45, 2.75) is 58.9 Å². The van der Waals surface area contributed by atoms with Crippen molar-refractivity contribution in [3.63, 3.8) is 0 Å². The van der Waals surface area contributed by atoms with Crippen LogP contribution >= 0.6 is 0 Å². The zero-order chi connectivity index (χ0) is 23.3. The van der Waals surface area contributed by atoms with Crippen molar-refractivity contribution in [2.24, 2.45) is 0 Å². The van der Waals surface area contributed by atoms with Crippen molar-refractivity contribution >= 4 is 23.4 Å². The first-order valence-electron chi connectivity index (χ1n) is 11.0. The van der Waals surface area contributed by atoms with Crippen LogP contribution in [0.4, 0.5) is 5.69 Å². The fourth-order valence-corrected chi connectivity index (χ4v) is 3.90. The minimum Gasteiger partial charge on any atom is -0.339 e. The van der Waals surface area contributed by atoms with Crippen molar-refractivity contribution in [2.75, 3.05) is 25.0 Å². The molecule has 1 N–H and O–H groups in total. The lowest BCUT2D eigenvalue weighted by Gasteiger charge is -2.39. The highest BCUT2D eigenvalue weighted by atomic mass is 16.5. The maximum Gasteiger partial charge on any atom is 0.253 e. The second kappa shape index (κ2) is 10.4. The molecule has 1 aliphatic heterocycles. The van der Waals surface area contributed by atoms with Crippen LogP contribution in [0.25, 0.3) is 0 Å². The van der Waals surface area contributed by atoms with Gasteiger partial charge in [-0.2, -0.15) is 4.98 Å². The first-order valence-corrected chi connectivity index (χ1v) is 11.0. The van der Waals surface area contributed by atoms with E-state index in [1.165, 1.54) is 6.92 Å². The maximum absolute atomic E-state index is 13.0. The molecule has 0 spiro atoms. The molecule has 3 amide bonds. The molecule has 1 fully saturated rings. The summed E-state index contributed by atoms with van der Waals surface area (Å²) in [6.07, 6.45) is 2.17. The minimum atomic E-state index is -0.159. The van der Waals surface area contributed by atoms with Gasteiger partial charge >= 0.3 is 0 Å². The van der Waals surface area contributed by atoms with Crippen molar-refractivity contribution < 1.29 is 18.9 Å². The van der Waals surface area contributed by atoms with E-state index >= 15 is 0 Å². The van der Waals surface area contributed by atoms with Crippen LogP contribution in [0.15, 0.2) is 28.8 Å². The predicted octanol–water partition coefficient (Wildman–Crippen LogP) is 2.85. The molecule has 1 saturated heterocycles. The average Bonchev–Trinajstić information content (AvgIpc) is 3.23. The van der Waals surface area contributed by atoms with Crippen LogP contribution in [0.5, 0.6) is 0 Å². The zero-order valence-corrected chi connectivity index (χ0v) is 19.1. The molecule has 9 nitrogen and oxygen atoms in total. The van der Waals surface area contributed by atoms with Gasteiger partial charge in [-0.05, 0) is 37.1 Å². The summed E-state index contributed by atoms with van der Waals surface area (Å²) in [5, 5.41) is 6.70. The van der Waals surface area contributed by atoms with E-state index in [-0.39, 0.29) is 29.7 Å². The minimum absolute atomic E-state index is 0.0310. The summed E-state index contributed by atoms with van der Waals surface area (Å²) in [6, 6.07) is 6.80. The van der Waals surface area contributed by atoms with Crippen LogP contribution in [-0.2, 0) is 16.0 Å². The summed E-state index contributed by atoms with van der Waals surface area (Å²) in [5.41, 5.74) is 1.21. The Balaban J connectivity index is 1.63. The molecule has 0 aliphatic carbocycles. The molecule has 2 aromatic rings. The number of anilines is 1. The summed E-state index contributed by atoms with van der Waals surface area (Å²) in [4.78, 5) is 44.6. The molecule has 9 heteroatoms. The molecule has 32 heavy (non-hydrogen) atoms. The third-order valence-corrected chi connectivity index (χ3v) is 5.54. The topological polar surface area (TPSA) is 109 Å². The quantitative estimate of drug-likeness (QED) is 0.708. The van der Waals surface area contributed by atoms with Crippen LogP contribution < -0.4 is 5.32 Å². The molecule has 0 bridgehead atoms. The number of nitrogens with zero attached hydrogens (tertiary/aromatic N) is 4. The Morgan fingerprint density at radius 2 is 1.94 bits per heavy atom. The number of piperidine rings is 1. The summed E-state index contributed by atoms with van der Waals surface area (Å²) in [5.74, 6) is 1.07. The van der Waals surface area contributed by atoms with Gasteiger partial charge in [-0.15, -0.1) is 0 Å². The number of nitrogens with one attached hydrogen (secondary N) is 1. The Hall–Kier alpha value is -3.23. The van der Waals surface area contributed by atoms with Gasteiger partial charge < -0.3 is 19.6 Å². The van der Waals surface area contributed by atoms with E-state index < -0.39 is 0 Å². The molecule has 0 radical (unpaired) electrons. The van der Waals surface area contributed by atoms with Crippen LogP contribution in [0, 0.1) is 0 Å². The molecule has 172 valence electrons. The van der Waals surface area contributed by atoms with Gasteiger partial charge in [0, 0.05) is 63.1 Å². The predicted molar refractivity (Wildman–Crippen MR) is 119 cm³/mol. The number of carbonyl (C=O) groups is 3. The van der Waals surface area contributed by atoms with Gasteiger partial charge in [0.2, 0.25) is 17.7 Å². The van der Waals surface area contributed by atoms with Gasteiger partial charge in [-0.3, -0.25) is 14.4 Å². The molecule has 3 rings (SSSR count). The van der Waals surface area contributed by atoms with E-state index in [0.717, 1.165) is 12.8 Å². The van der Waals surface area contributed by atoms with Crippen LogP contribution in [0.3, 0.4) is 0 Å². The molecule has 2 heterocycles. The number of carbonyl (C=O) groups excluding carboxylic acids is 3. The second-order valence-corrected chi connectivity index (χ2v) is 8.47. The number of benzene rings is 1. The van der Waals surface area contributed by atoms with E-state index in [1.807, 2.05) is 18.7 Å². The lowest BCUT2D eigenvalue weighted by atomic mass is 10.0.